The Kier molecular flexibility index (Phi) is 2.18. The highest BCUT2D eigenvalue weighted by atomic mass is 16.6. The van der Waals surface area contributed by atoms with Crippen LogP contribution in [0.25, 0.3) is 0 Å². The molecule has 0 atom stereocenters. The molecule has 0 aromatic heterocycles. The van der Waals surface area contributed by atoms with Crippen LogP contribution in [0, 0.1) is 0 Å². The Morgan fingerprint density at radius 3 is 2.47 bits per heavy atom. The van der Waals surface area contributed by atoms with Gasteiger partial charge in [-0.25, -0.2) is 9.59 Å². The number of benzene rings is 1. The average molecular weight is 208 g/mol. The number of ether oxygens (including phenoxy) is 1. The molecule has 0 saturated heterocycles. The van der Waals surface area contributed by atoms with Gasteiger partial charge < -0.3 is 19.4 Å². The zero-order valence-corrected chi connectivity index (χ0v) is 7.34. The summed E-state index contributed by atoms with van der Waals surface area (Å²) in [7, 11) is -1.98. The lowest BCUT2D eigenvalue weighted by atomic mass is 10.1. The van der Waals surface area contributed by atoms with E-state index in [-0.39, 0.29) is 16.9 Å². The summed E-state index contributed by atoms with van der Waals surface area (Å²) in [5.41, 5.74) is 0.193. The van der Waals surface area contributed by atoms with E-state index in [9.17, 15) is 9.59 Å². The normalized spacial score (nSPS) is 13.5. The van der Waals surface area contributed by atoms with E-state index in [4.69, 9.17) is 10.0 Å². The van der Waals surface area contributed by atoms with Crippen molar-refractivity contribution in [2.45, 2.75) is 0 Å². The number of carbonyl (C=O) groups is 2. The van der Waals surface area contributed by atoms with E-state index < -0.39 is 19.3 Å². The van der Waals surface area contributed by atoms with Gasteiger partial charge in [0.2, 0.25) is 0 Å². The fourth-order valence-corrected chi connectivity index (χ4v) is 1.26. The van der Waals surface area contributed by atoms with Crippen LogP contribution in [0.2, 0.25) is 0 Å². The van der Waals surface area contributed by atoms with Gasteiger partial charge in [-0.15, -0.1) is 0 Å². The molecule has 7 heteroatoms. The van der Waals surface area contributed by atoms with E-state index in [0.717, 1.165) is 0 Å². The largest absolute Gasteiger partial charge is 0.707 e. The third-order valence-corrected chi connectivity index (χ3v) is 1.86. The van der Waals surface area contributed by atoms with Gasteiger partial charge in [0.25, 0.3) is 0 Å². The van der Waals surface area contributed by atoms with Crippen LogP contribution in [0.3, 0.4) is 0 Å². The van der Waals surface area contributed by atoms with Gasteiger partial charge in [-0.3, -0.25) is 0 Å². The van der Waals surface area contributed by atoms with Crippen molar-refractivity contribution in [3.63, 3.8) is 0 Å². The molecule has 0 bridgehead atoms. The predicted molar refractivity (Wildman–Crippen MR) is 47.0 cm³/mol. The molecule has 1 aliphatic heterocycles. The molecule has 1 aromatic rings. The van der Waals surface area contributed by atoms with Crippen molar-refractivity contribution in [3.8, 4) is 5.75 Å². The Bertz CT molecular complexity index is 441. The van der Waals surface area contributed by atoms with Gasteiger partial charge in [-0.2, -0.15) is 0 Å². The number of hydrogen-bond donors (Lipinski definition) is 2. The molecule has 15 heavy (non-hydrogen) atoms. The molecule has 0 unspecified atom stereocenters. The Balaban J connectivity index is 2.38. The fourth-order valence-electron chi connectivity index (χ4n) is 1.26. The summed E-state index contributed by atoms with van der Waals surface area (Å²) in [6.45, 7) is 0. The average Bonchev–Trinajstić information content (AvgIpc) is 2.41. The second-order valence-electron chi connectivity index (χ2n) is 2.83. The summed E-state index contributed by atoms with van der Waals surface area (Å²) >= 11 is 0. The quantitative estimate of drug-likeness (QED) is 0.380. The van der Waals surface area contributed by atoms with Gasteiger partial charge in [0.05, 0.1) is 11.1 Å². The molecule has 1 aliphatic rings. The van der Waals surface area contributed by atoms with Crippen LogP contribution in [0.1, 0.15) is 20.7 Å². The van der Waals surface area contributed by atoms with E-state index in [0.29, 0.717) is 0 Å². The molecule has 1 heterocycles. The minimum Gasteiger partial charge on any atom is -0.512 e. The molecule has 2 N–H and O–H groups in total. The maximum atomic E-state index is 11.1. The van der Waals surface area contributed by atoms with Crippen molar-refractivity contribution in [2.24, 2.45) is 0 Å². The van der Waals surface area contributed by atoms with Crippen LogP contribution in [0.4, 0.5) is 0 Å². The van der Waals surface area contributed by atoms with Crippen molar-refractivity contribution < 1.29 is 29.0 Å². The second-order valence-corrected chi connectivity index (χ2v) is 2.83. The lowest BCUT2D eigenvalue weighted by molar-refractivity contribution is 0.0443. The first-order valence-corrected chi connectivity index (χ1v) is 4.01. The van der Waals surface area contributed by atoms with Crippen LogP contribution >= 0.6 is 0 Å². The van der Waals surface area contributed by atoms with Crippen LogP contribution in [0.5, 0.6) is 5.75 Å². The lowest BCUT2D eigenvalue weighted by Crippen LogP contribution is -2.20. The maximum absolute atomic E-state index is 11.1. The van der Waals surface area contributed by atoms with Gasteiger partial charge in [0, 0.05) is 0 Å². The summed E-state index contributed by atoms with van der Waals surface area (Å²) in [4.78, 5) is 22.1. The Morgan fingerprint density at radius 2 is 1.80 bits per heavy atom. The molecule has 6 nitrogen and oxygen atoms in total. The SMILES string of the molecule is O=C1OC(=O)c2cc(OB(O)O)ccc21. The van der Waals surface area contributed by atoms with Crippen molar-refractivity contribution in [2.75, 3.05) is 0 Å². The minimum atomic E-state index is -1.98. The van der Waals surface area contributed by atoms with Crippen molar-refractivity contribution in [1.82, 2.24) is 0 Å². The van der Waals surface area contributed by atoms with E-state index in [1.165, 1.54) is 18.2 Å². The number of rotatable bonds is 2. The molecule has 0 fully saturated rings. The molecule has 1 aromatic carbocycles. The topological polar surface area (TPSA) is 93.1 Å². The summed E-state index contributed by atoms with van der Waals surface area (Å²) in [6, 6.07) is 3.86. The highest BCUT2D eigenvalue weighted by Gasteiger charge is 2.30. The third kappa shape index (κ3) is 1.70. The zero-order valence-electron chi connectivity index (χ0n) is 7.34. The zero-order chi connectivity index (χ0) is 11.0. The standard InChI is InChI=1S/C8H5BO6/c10-7-5-2-1-4(15-9(12)13)3-6(5)8(11)14-7/h1-3,12-13H. The first-order valence-electron chi connectivity index (χ1n) is 4.01. The summed E-state index contributed by atoms with van der Waals surface area (Å²) < 4.78 is 8.85. The highest BCUT2D eigenvalue weighted by molar-refractivity contribution is 6.33. The minimum absolute atomic E-state index is 0.0538. The summed E-state index contributed by atoms with van der Waals surface area (Å²) in [5, 5.41) is 17.0. The lowest BCUT2D eigenvalue weighted by Gasteiger charge is -2.04. The molecular weight excluding hydrogens is 203 g/mol. The smallest absolute Gasteiger partial charge is 0.512 e. The first kappa shape index (κ1) is 9.69. The number of cyclic esters (lactones) is 2. The fraction of sp³-hybridized carbons (Fsp3) is 0. The molecule has 76 valence electrons. The van der Waals surface area contributed by atoms with E-state index in [2.05, 4.69) is 9.39 Å². The van der Waals surface area contributed by atoms with Crippen LogP contribution < -0.4 is 4.65 Å². The molecule has 0 saturated carbocycles. The number of fused-ring (bicyclic) bond motifs is 1. The second kappa shape index (κ2) is 3.37. The first-order chi connectivity index (χ1) is 7.08. The van der Waals surface area contributed by atoms with E-state index in [1.54, 1.807) is 0 Å². The van der Waals surface area contributed by atoms with Crippen molar-refractivity contribution in [3.05, 3.63) is 29.3 Å². The molecule has 0 aliphatic carbocycles. The molecule has 0 amide bonds. The monoisotopic (exact) mass is 208 g/mol. The van der Waals surface area contributed by atoms with Crippen LogP contribution in [-0.2, 0) is 4.74 Å². The van der Waals surface area contributed by atoms with Gasteiger partial charge in [0.1, 0.15) is 5.75 Å². The van der Waals surface area contributed by atoms with Gasteiger partial charge >= 0.3 is 19.3 Å². The molecule has 0 radical (unpaired) electrons. The Morgan fingerprint density at radius 1 is 1.13 bits per heavy atom. The van der Waals surface area contributed by atoms with Gasteiger partial charge in [0.15, 0.2) is 0 Å². The van der Waals surface area contributed by atoms with Crippen molar-refractivity contribution >= 4 is 19.3 Å². The number of hydrogen-bond acceptors (Lipinski definition) is 6. The summed E-state index contributed by atoms with van der Waals surface area (Å²) in [5.74, 6) is -1.42. The van der Waals surface area contributed by atoms with Crippen molar-refractivity contribution in [1.29, 1.82) is 0 Å². The van der Waals surface area contributed by atoms with E-state index in [1.807, 2.05) is 0 Å². The Labute approximate surface area is 84.2 Å². The van der Waals surface area contributed by atoms with E-state index >= 15 is 0 Å². The molecule has 0 spiro atoms. The molecule has 2 rings (SSSR count). The number of carbonyl (C=O) groups excluding carboxylic acids is 2. The van der Waals surface area contributed by atoms with Gasteiger partial charge in [-0.1, -0.05) is 0 Å². The molecular formula is C8H5BO6. The predicted octanol–water partition coefficient (Wildman–Crippen LogP) is -0.655. The number of esters is 2. The highest BCUT2D eigenvalue weighted by Crippen LogP contribution is 2.24. The van der Waals surface area contributed by atoms with Gasteiger partial charge in [-0.05, 0) is 18.2 Å². The van der Waals surface area contributed by atoms with Crippen LogP contribution in [0.15, 0.2) is 18.2 Å². The maximum Gasteiger partial charge on any atom is 0.707 e. The third-order valence-electron chi connectivity index (χ3n) is 1.86. The van der Waals surface area contributed by atoms with Crippen LogP contribution in [-0.4, -0.2) is 29.3 Å². The summed E-state index contributed by atoms with van der Waals surface area (Å²) in [6.07, 6.45) is 0. The Hall–Kier alpha value is -1.86.